The van der Waals surface area contributed by atoms with E-state index in [0.29, 0.717) is 17.4 Å². The van der Waals surface area contributed by atoms with Crippen LogP contribution in [0.2, 0.25) is 5.02 Å². The zero-order chi connectivity index (χ0) is 15.2. The second-order valence-corrected chi connectivity index (χ2v) is 4.76. The van der Waals surface area contributed by atoms with Gasteiger partial charge in [-0.25, -0.2) is 4.79 Å². The van der Waals surface area contributed by atoms with Gasteiger partial charge in [0.2, 0.25) is 0 Å². The van der Waals surface area contributed by atoms with Gasteiger partial charge in [0.15, 0.2) is 11.5 Å². The largest absolute Gasteiger partial charge is 0.504 e. The Balaban J connectivity index is 2.13. The second-order valence-electron chi connectivity index (χ2n) is 4.35. The molecule has 5 heteroatoms. The smallest absolute Gasteiger partial charge is 0.343 e. The number of phenols is 1. The molecule has 0 aliphatic carbocycles. The van der Waals surface area contributed by atoms with Gasteiger partial charge in [-0.2, -0.15) is 0 Å². The summed E-state index contributed by atoms with van der Waals surface area (Å²) in [4.78, 5) is 12.0. The fourth-order valence-corrected chi connectivity index (χ4v) is 1.89. The number of esters is 1. The van der Waals surface area contributed by atoms with Crippen LogP contribution in [0.25, 0.3) is 0 Å². The minimum atomic E-state index is -0.597. The Morgan fingerprint density at radius 1 is 1.19 bits per heavy atom. The molecule has 0 saturated carbocycles. The summed E-state index contributed by atoms with van der Waals surface area (Å²) >= 11 is 6.06. The van der Waals surface area contributed by atoms with Crippen molar-refractivity contribution < 1.29 is 19.4 Å². The Hall–Kier alpha value is -2.20. The molecule has 0 aliphatic rings. The van der Waals surface area contributed by atoms with Crippen molar-refractivity contribution in [1.29, 1.82) is 0 Å². The van der Waals surface area contributed by atoms with Gasteiger partial charge < -0.3 is 14.6 Å². The maximum atomic E-state index is 12.0. The molecule has 0 heterocycles. The van der Waals surface area contributed by atoms with Crippen molar-refractivity contribution in [3.63, 3.8) is 0 Å². The molecule has 2 rings (SSSR count). The minimum absolute atomic E-state index is 0.0974. The maximum absolute atomic E-state index is 12.0. The Labute approximate surface area is 127 Å². The second kappa shape index (κ2) is 6.99. The SMILES string of the molecule is CCCOc1ccc(C(=O)Oc2ccccc2O)cc1Cl. The number of phenolic OH excluding ortho intramolecular Hbond substituents is 1. The van der Waals surface area contributed by atoms with Crippen LogP contribution in [0.3, 0.4) is 0 Å². The van der Waals surface area contributed by atoms with E-state index < -0.39 is 5.97 Å². The molecule has 21 heavy (non-hydrogen) atoms. The predicted molar refractivity (Wildman–Crippen MR) is 80.3 cm³/mol. The van der Waals surface area contributed by atoms with Crippen molar-refractivity contribution in [2.75, 3.05) is 6.61 Å². The fourth-order valence-electron chi connectivity index (χ4n) is 1.66. The molecule has 0 radical (unpaired) electrons. The molecule has 1 N–H and O–H groups in total. The van der Waals surface area contributed by atoms with Gasteiger partial charge >= 0.3 is 5.97 Å². The van der Waals surface area contributed by atoms with Crippen molar-refractivity contribution >= 4 is 17.6 Å². The van der Waals surface area contributed by atoms with E-state index in [9.17, 15) is 9.90 Å². The van der Waals surface area contributed by atoms with Crippen LogP contribution in [-0.2, 0) is 0 Å². The number of carbonyl (C=O) groups excluding carboxylic acids is 1. The van der Waals surface area contributed by atoms with E-state index in [2.05, 4.69) is 0 Å². The van der Waals surface area contributed by atoms with E-state index in [-0.39, 0.29) is 17.1 Å². The van der Waals surface area contributed by atoms with Gasteiger partial charge in [0.1, 0.15) is 5.75 Å². The van der Waals surface area contributed by atoms with Crippen molar-refractivity contribution in [2.24, 2.45) is 0 Å². The lowest BCUT2D eigenvalue weighted by Crippen LogP contribution is -2.08. The number of halogens is 1. The minimum Gasteiger partial charge on any atom is -0.504 e. The molecule has 4 nitrogen and oxygen atoms in total. The summed E-state index contributed by atoms with van der Waals surface area (Å²) in [5.74, 6) is -0.0668. The average molecular weight is 307 g/mol. The molecular formula is C16H15ClO4. The van der Waals surface area contributed by atoms with Crippen LogP contribution in [0, 0.1) is 0 Å². The summed E-state index contributed by atoms with van der Waals surface area (Å²) in [7, 11) is 0. The number of rotatable bonds is 5. The zero-order valence-electron chi connectivity index (χ0n) is 11.5. The quantitative estimate of drug-likeness (QED) is 0.668. The Bertz CT molecular complexity index is 640. The molecular weight excluding hydrogens is 292 g/mol. The van der Waals surface area contributed by atoms with Crippen molar-refractivity contribution in [1.82, 2.24) is 0 Å². The van der Waals surface area contributed by atoms with Crippen LogP contribution in [0.4, 0.5) is 0 Å². The summed E-state index contributed by atoms with van der Waals surface area (Å²) in [6.07, 6.45) is 0.868. The predicted octanol–water partition coefficient (Wildman–Crippen LogP) is 4.05. The Kier molecular flexibility index (Phi) is 5.06. The summed E-state index contributed by atoms with van der Waals surface area (Å²) in [5, 5.41) is 9.92. The standard InChI is InChI=1S/C16H15ClO4/c1-2-9-20-14-8-7-11(10-12(14)17)16(19)21-15-6-4-3-5-13(15)18/h3-8,10,18H,2,9H2,1H3. The molecule has 0 unspecified atom stereocenters. The van der Waals surface area contributed by atoms with Crippen molar-refractivity contribution in [2.45, 2.75) is 13.3 Å². The first-order valence-electron chi connectivity index (χ1n) is 6.54. The lowest BCUT2D eigenvalue weighted by atomic mass is 10.2. The van der Waals surface area contributed by atoms with Gasteiger partial charge in [0.25, 0.3) is 0 Å². The van der Waals surface area contributed by atoms with Gasteiger partial charge in [0, 0.05) is 0 Å². The maximum Gasteiger partial charge on any atom is 0.343 e. The van der Waals surface area contributed by atoms with Crippen LogP contribution in [-0.4, -0.2) is 17.7 Å². The monoisotopic (exact) mass is 306 g/mol. The molecule has 0 bridgehead atoms. The van der Waals surface area contributed by atoms with Crippen LogP contribution in [0.1, 0.15) is 23.7 Å². The lowest BCUT2D eigenvalue weighted by molar-refractivity contribution is 0.0729. The third-order valence-electron chi connectivity index (χ3n) is 2.70. The topological polar surface area (TPSA) is 55.8 Å². The fraction of sp³-hybridized carbons (Fsp3) is 0.188. The number of hydrogen-bond acceptors (Lipinski definition) is 4. The first-order chi connectivity index (χ1) is 10.1. The molecule has 2 aromatic carbocycles. The molecule has 0 spiro atoms. The molecule has 2 aromatic rings. The van der Waals surface area contributed by atoms with E-state index in [1.54, 1.807) is 24.3 Å². The van der Waals surface area contributed by atoms with Crippen LogP contribution in [0.5, 0.6) is 17.2 Å². The molecule has 0 fully saturated rings. The third kappa shape index (κ3) is 3.89. The Morgan fingerprint density at radius 2 is 1.95 bits per heavy atom. The van der Waals surface area contributed by atoms with Gasteiger partial charge in [-0.05, 0) is 36.8 Å². The first kappa shape index (κ1) is 15.2. The van der Waals surface area contributed by atoms with Gasteiger partial charge in [-0.1, -0.05) is 30.7 Å². The Morgan fingerprint density at radius 3 is 2.62 bits per heavy atom. The van der Waals surface area contributed by atoms with E-state index in [0.717, 1.165) is 6.42 Å². The number of carbonyl (C=O) groups is 1. The highest BCUT2D eigenvalue weighted by Gasteiger charge is 2.13. The summed E-state index contributed by atoms with van der Waals surface area (Å²) in [6, 6.07) is 10.9. The van der Waals surface area contributed by atoms with E-state index >= 15 is 0 Å². The summed E-state index contributed by atoms with van der Waals surface area (Å²) < 4.78 is 10.6. The lowest BCUT2D eigenvalue weighted by Gasteiger charge is -2.09. The molecule has 110 valence electrons. The summed E-state index contributed by atoms with van der Waals surface area (Å²) in [6.45, 7) is 2.55. The van der Waals surface area contributed by atoms with Crippen LogP contribution in [0.15, 0.2) is 42.5 Å². The summed E-state index contributed by atoms with van der Waals surface area (Å²) in [5.41, 5.74) is 0.284. The number of aromatic hydroxyl groups is 1. The molecule has 0 atom stereocenters. The number of benzene rings is 2. The zero-order valence-corrected chi connectivity index (χ0v) is 12.3. The molecule has 0 amide bonds. The third-order valence-corrected chi connectivity index (χ3v) is 2.99. The highest BCUT2D eigenvalue weighted by atomic mass is 35.5. The molecule has 0 aromatic heterocycles. The molecule has 0 aliphatic heterocycles. The van der Waals surface area contributed by atoms with E-state index in [4.69, 9.17) is 21.1 Å². The van der Waals surface area contributed by atoms with E-state index in [1.807, 2.05) is 6.92 Å². The van der Waals surface area contributed by atoms with Gasteiger partial charge in [-0.3, -0.25) is 0 Å². The van der Waals surface area contributed by atoms with Crippen molar-refractivity contribution in [3.8, 4) is 17.2 Å². The number of hydrogen-bond donors (Lipinski definition) is 1. The normalized spacial score (nSPS) is 10.2. The van der Waals surface area contributed by atoms with E-state index in [1.165, 1.54) is 18.2 Å². The van der Waals surface area contributed by atoms with Crippen molar-refractivity contribution in [3.05, 3.63) is 53.1 Å². The average Bonchev–Trinajstić information content (AvgIpc) is 2.48. The van der Waals surface area contributed by atoms with Gasteiger partial charge in [-0.15, -0.1) is 0 Å². The van der Waals surface area contributed by atoms with Gasteiger partial charge in [0.05, 0.1) is 17.2 Å². The van der Waals surface area contributed by atoms with Crippen LogP contribution < -0.4 is 9.47 Å². The van der Waals surface area contributed by atoms with Crippen LogP contribution >= 0.6 is 11.6 Å². The molecule has 0 saturated heterocycles. The first-order valence-corrected chi connectivity index (χ1v) is 6.92. The highest BCUT2D eigenvalue weighted by molar-refractivity contribution is 6.32. The highest BCUT2D eigenvalue weighted by Crippen LogP contribution is 2.28. The number of para-hydroxylation sites is 2. The number of ether oxygens (including phenoxy) is 2.